The van der Waals surface area contributed by atoms with Crippen LogP contribution in [0.25, 0.3) is 0 Å². The van der Waals surface area contributed by atoms with Crippen LogP contribution in [0, 0.1) is 0 Å². The van der Waals surface area contributed by atoms with E-state index in [1.165, 1.54) is 0 Å². The Hall–Kier alpha value is -2.18. The molecule has 3 rings (SSSR count). The minimum Gasteiger partial charge on any atom is -0.381 e. The van der Waals surface area contributed by atoms with Crippen LogP contribution in [0.4, 0.5) is 0 Å². The predicted octanol–water partition coefficient (Wildman–Crippen LogP) is 2.23. The summed E-state index contributed by atoms with van der Waals surface area (Å²) in [5.41, 5.74) is 1.73. The molecule has 2 heterocycles. The topological polar surface area (TPSA) is 73.6 Å². The van der Waals surface area contributed by atoms with Crippen LogP contribution in [0.2, 0.25) is 0 Å². The Labute approximate surface area is 141 Å². The van der Waals surface area contributed by atoms with Gasteiger partial charge in [-0.3, -0.25) is 4.79 Å². The fourth-order valence-electron chi connectivity index (χ4n) is 2.64. The molecule has 0 saturated carbocycles. The van der Waals surface area contributed by atoms with Crippen molar-refractivity contribution in [2.75, 3.05) is 13.2 Å². The van der Waals surface area contributed by atoms with E-state index >= 15 is 0 Å². The van der Waals surface area contributed by atoms with Crippen molar-refractivity contribution in [1.29, 1.82) is 0 Å². The molecule has 1 fully saturated rings. The number of nitrogens with one attached hydrogen (secondary N) is 1. The van der Waals surface area contributed by atoms with E-state index in [1.807, 2.05) is 30.3 Å². The van der Waals surface area contributed by atoms with Gasteiger partial charge in [0.25, 0.3) is 0 Å². The first-order valence-corrected chi connectivity index (χ1v) is 8.23. The predicted molar refractivity (Wildman–Crippen MR) is 87.1 cm³/mol. The molecule has 6 nitrogen and oxygen atoms in total. The van der Waals surface area contributed by atoms with Crippen LogP contribution in [0.3, 0.4) is 0 Å². The number of amides is 1. The molecule has 0 spiro atoms. The summed E-state index contributed by atoms with van der Waals surface area (Å²) >= 11 is 0. The van der Waals surface area contributed by atoms with E-state index < -0.39 is 0 Å². The van der Waals surface area contributed by atoms with E-state index in [4.69, 9.17) is 14.0 Å². The molecule has 1 aliphatic rings. The average molecular weight is 330 g/mol. The summed E-state index contributed by atoms with van der Waals surface area (Å²) in [4.78, 5) is 12.0. The minimum atomic E-state index is -0.0352. The Morgan fingerprint density at radius 2 is 2.00 bits per heavy atom. The summed E-state index contributed by atoms with van der Waals surface area (Å²) in [6, 6.07) is 11.9. The molecular formula is C18H22N2O4. The summed E-state index contributed by atoms with van der Waals surface area (Å²) in [5, 5.41) is 6.94. The maximum atomic E-state index is 12.0. The fraction of sp³-hybridized carbons (Fsp3) is 0.444. The van der Waals surface area contributed by atoms with Gasteiger partial charge in [0.1, 0.15) is 6.61 Å². The van der Waals surface area contributed by atoms with Gasteiger partial charge in [0.15, 0.2) is 5.76 Å². The lowest BCUT2D eigenvalue weighted by molar-refractivity contribution is -0.121. The first-order chi connectivity index (χ1) is 11.8. The van der Waals surface area contributed by atoms with E-state index in [1.54, 1.807) is 6.07 Å². The SMILES string of the molecule is O=C(Cc1cc(COCc2ccccc2)on1)NC1CCOCC1. The molecule has 128 valence electrons. The number of carbonyl (C=O) groups excluding carboxylic acids is 1. The van der Waals surface area contributed by atoms with E-state index in [0.29, 0.717) is 37.9 Å². The van der Waals surface area contributed by atoms with E-state index in [9.17, 15) is 4.79 Å². The number of nitrogens with zero attached hydrogens (tertiary/aromatic N) is 1. The second kappa shape index (κ2) is 8.61. The molecule has 1 saturated heterocycles. The molecular weight excluding hydrogens is 308 g/mol. The lowest BCUT2D eigenvalue weighted by Gasteiger charge is -2.22. The molecule has 1 aliphatic heterocycles. The summed E-state index contributed by atoms with van der Waals surface area (Å²) < 4.78 is 16.1. The maximum Gasteiger partial charge on any atom is 0.226 e. The van der Waals surface area contributed by atoms with Crippen LogP contribution in [-0.4, -0.2) is 30.3 Å². The molecule has 6 heteroatoms. The highest BCUT2D eigenvalue weighted by Crippen LogP contribution is 2.10. The summed E-state index contributed by atoms with van der Waals surface area (Å²) in [5.74, 6) is 0.590. The zero-order chi connectivity index (χ0) is 16.6. The molecule has 1 amide bonds. The molecule has 1 N–H and O–H groups in total. The number of benzene rings is 1. The number of carbonyl (C=O) groups is 1. The molecule has 0 aliphatic carbocycles. The van der Waals surface area contributed by atoms with Crippen molar-refractivity contribution in [3.05, 3.63) is 53.4 Å². The number of ether oxygens (including phenoxy) is 2. The first kappa shape index (κ1) is 16.7. The van der Waals surface area contributed by atoms with Gasteiger partial charge in [0.05, 0.1) is 18.7 Å². The number of rotatable bonds is 7. The molecule has 0 unspecified atom stereocenters. The normalized spacial score (nSPS) is 15.3. The summed E-state index contributed by atoms with van der Waals surface area (Å²) in [6.45, 7) is 2.26. The van der Waals surface area contributed by atoms with Gasteiger partial charge in [-0.2, -0.15) is 0 Å². The summed E-state index contributed by atoms with van der Waals surface area (Å²) in [6.07, 6.45) is 1.95. The van der Waals surface area contributed by atoms with Crippen LogP contribution < -0.4 is 5.32 Å². The van der Waals surface area contributed by atoms with Crippen LogP contribution >= 0.6 is 0 Å². The summed E-state index contributed by atoms with van der Waals surface area (Å²) in [7, 11) is 0. The van der Waals surface area contributed by atoms with Crippen LogP contribution in [-0.2, 0) is 33.9 Å². The smallest absolute Gasteiger partial charge is 0.226 e. The zero-order valence-electron chi connectivity index (χ0n) is 13.6. The number of hydrogen-bond acceptors (Lipinski definition) is 5. The molecule has 0 bridgehead atoms. The van der Waals surface area contributed by atoms with E-state index in [-0.39, 0.29) is 18.4 Å². The van der Waals surface area contributed by atoms with Crippen molar-refractivity contribution in [1.82, 2.24) is 10.5 Å². The molecule has 0 atom stereocenters. The molecule has 1 aromatic carbocycles. The fourth-order valence-corrected chi connectivity index (χ4v) is 2.64. The van der Waals surface area contributed by atoms with Gasteiger partial charge >= 0.3 is 0 Å². The van der Waals surface area contributed by atoms with Gasteiger partial charge in [0, 0.05) is 25.3 Å². The van der Waals surface area contributed by atoms with E-state index in [0.717, 1.165) is 18.4 Å². The third-order valence-electron chi connectivity index (χ3n) is 3.89. The molecule has 2 aromatic rings. The Balaban J connectivity index is 1.40. The number of hydrogen-bond donors (Lipinski definition) is 1. The Kier molecular flexibility index (Phi) is 5.98. The van der Waals surface area contributed by atoms with Gasteiger partial charge in [-0.25, -0.2) is 0 Å². The lowest BCUT2D eigenvalue weighted by atomic mass is 10.1. The third kappa shape index (κ3) is 5.18. The average Bonchev–Trinajstić information content (AvgIpc) is 3.04. The quantitative estimate of drug-likeness (QED) is 0.843. The third-order valence-corrected chi connectivity index (χ3v) is 3.89. The van der Waals surface area contributed by atoms with Gasteiger partial charge in [-0.1, -0.05) is 35.5 Å². The molecule has 1 aromatic heterocycles. The maximum absolute atomic E-state index is 12.0. The monoisotopic (exact) mass is 330 g/mol. The van der Waals surface area contributed by atoms with Crippen LogP contribution in [0.1, 0.15) is 29.9 Å². The molecule has 0 radical (unpaired) electrons. The second-order valence-corrected chi connectivity index (χ2v) is 5.89. The highest BCUT2D eigenvalue weighted by Gasteiger charge is 2.17. The highest BCUT2D eigenvalue weighted by molar-refractivity contribution is 5.78. The van der Waals surface area contributed by atoms with Crippen molar-refractivity contribution in [2.45, 2.75) is 38.5 Å². The van der Waals surface area contributed by atoms with Crippen molar-refractivity contribution in [3.8, 4) is 0 Å². The van der Waals surface area contributed by atoms with Gasteiger partial charge in [0.2, 0.25) is 5.91 Å². The van der Waals surface area contributed by atoms with Crippen LogP contribution in [0.5, 0.6) is 0 Å². The minimum absolute atomic E-state index is 0.0352. The number of aromatic nitrogens is 1. The van der Waals surface area contributed by atoms with Gasteiger partial charge in [-0.05, 0) is 18.4 Å². The van der Waals surface area contributed by atoms with Crippen molar-refractivity contribution >= 4 is 5.91 Å². The molecule has 24 heavy (non-hydrogen) atoms. The van der Waals surface area contributed by atoms with Crippen molar-refractivity contribution in [3.63, 3.8) is 0 Å². The van der Waals surface area contributed by atoms with Crippen molar-refractivity contribution in [2.24, 2.45) is 0 Å². The Bertz CT molecular complexity index is 635. The standard InChI is InChI=1S/C18H22N2O4/c21-18(19-15-6-8-22-9-7-15)11-16-10-17(24-20-16)13-23-12-14-4-2-1-3-5-14/h1-5,10,15H,6-9,11-13H2,(H,19,21). The highest BCUT2D eigenvalue weighted by atomic mass is 16.5. The van der Waals surface area contributed by atoms with Gasteiger partial charge < -0.3 is 19.3 Å². The van der Waals surface area contributed by atoms with E-state index in [2.05, 4.69) is 10.5 Å². The Morgan fingerprint density at radius 3 is 2.79 bits per heavy atom. The van der Waals surface area contributed by atoms with Crippen molar-refractivity contribution < 1.29 is 18.8 Å². The second-order valence-electron chi connectivity index (χ2n) is 5.89. The lowest BCUT2D eigenvalue weighted by Crippen LogP contribution is -2.39. The first-order valence-electron chi connectivity index (χ1n) is 8.23. The largest absolute Gasteiger partial charge is 0.381 e. The zero-order valence-corrected chi connectivity index (χ0v) is 13.6. The van der Waals surface area contributed by atoms with Gasteiger partial charge in [-0.15, -0.1) is 0 Å². The Morgan fingerprint density at radius 1 is 1.21 bits per heavy atom. The van der Waals surface area contributed by atoms with Crippen LogP contribution in [0.15, 0.2) is 40.9 Å².